The Hall–Kier alpha value is -6.12. The van der Waals surface area contributed by atoms with Crippen LogP contribution < -0.4 is 39.3 Å². The minimum atomic E-state index is -4.53. The van der Waals surface area contributed by atoms with Gasteiger partial charge in [-0.3, -0.25) is 0 Å². The molecule has 0 amide bonds. The molecular formula is C49H42N2O6P4. The quantitative estimate of drug-likeness (QED) is 0.0897. The van der Waals surface area contributed by atoms with Crippen molar-refractivity contribution in [3.8, 4) is 23.0 Å². The molecule has 0 unspecified atom stereocenters. The number of rotatable bonds is 16. The van der Waals surface area contributed by atoms with Gasteiger partial charge in [-0.25, -0.2) is 9.13 Å². The molecule has 8 rings (SSSR count). The lowest BCUT2D eigenvalue weighted by Gasteiger charge is -2.35. The zero-order valence-electron chi connectivity index (χ0n) is 32.9. The Morgan fingerprint density at radius 3 is 0.656 bits per heavy atom. The molecule has 8 nitrogen and oxygen atoms in total. The van der Waals surface area contributed by atoms with Gasteiger partial charge in [0.25, 0.3) is 0 Å². The second kappa shape index (κ2) is 19.1. The zero-order chi connectivity index (χ0) is 41.9. The minimum Gasteiger partial charge on any atom is -0.399 e. The highest BCUT2D eigenvalue weighted by molar-refractivity contribution is 7.98. The van der Waals surface area contributed by atoms with E-state index in [1.54, 1.807) is 97.1 Å². The van der Waals surface area contributed by atoms with E-state index < -0.39 is 29.6 Å². The highest BCUT2D eigenvalue weighted by atomic mass is 31.2. The second-order valence-electron chi connectivity index (χ2n) is 13.8. The maximum atomic E-state index is 15.9. The summed E-state index contributed by atoms with van der Waals surface area (Å²) in [5.74, 6) is 1.39. The van der Waals surface area contributed by atoms with Gasteiger partial charge < -0.3 is 18.1 Å². The van der Waals surface area contributed by atoms with Gasteiger partial charge in [0.15, 0.2) is 0 Å². The summed E-state index contributed by atoms with van der Waals surface area (Å²) in [5, 5.41) is 3.13. The van der Waals surface area contributed by atoms with Gasteiger partial charge >= 0.3 is 15.5 Å². The first-order valence-electron chi connectivity index (χ1n) is 19.5. The fraction of sp³-hybridized carbons (Fsp3) is 0.0204. The van der Waals surface area contributed by atoms with E-state index in [1.807, 2.05) is 146 Å². The van der Waals surface area contributed by atoms with Gasteiger partial charge in [0, 0.05) is 20.0 Å². The topological polar surface area (TPSA) is 95.8 Å². The van der Waals surface area contributed by atoms with Crippen molar-refractivity contribution >= 4 is 50.8 Å². The van der Waals surface area contributed by atoms with Crippen LogP contribution in [0.3, 0.4) is 0 Å². The average molecular weight is 879 g/mol. The van der Waals surface area contributed by atoms with E-state index >= 15 is 9.13 Å². The summed E-state index contributed by atoms with van der Waals surface area (Å²) in [6.45, 7) is 0. The number of hydrogen-bond donors (Lipinski definition) is 0. The first kappa shape index (κ1) is 41.6. The van der Waals surface area contributed by atoms with Gasteiger partial charge in [-0.1, -0.05) is 194 Å². The maximum absolute atomic E-state index is 15.9. The molecule has 8 aromatic rings. The van der Waals surface area contributed by atoms with E-state index in [-0.39, 0.29) is 5.90 Å². The van der Waals surface area contributed by atoms with Crippen molar-refractivity contribution in [2.45, 2.75) is 0 Å². The van der Waals surface area contributed by atoms with Crippen LogP contribution in [0.5, 0.6) is 23.0 Å². The van der Waals surface area contributed by atoms with Crippen LogP contribution in [0.4, 0.5) is 0 Å². The monoisotopic (exact) mass is 878 g/mol. The Balaban J connectivity index is 1.51. The fourth-order valence-corrected chi connectivity index (χ4v) is 23.4. The maximum Gasteiger partial charge on any atom is 0.562 e. The van der Waals surface area contributed by atoms with Crippen molar-refractivity contribution in [2.24, 2.45) is 9.03 Å². The number of hydrogen-bond acceptors (Lipinski definition) is 6. The van der Waals surface area contributed by atoms with Crippen molar-refractivity contribution in [3.63, 3.8) is 0 Å². The Morgan fingerprint density at radius 2 is 0.459 bits per heavy atom. The molecule has 0 atom stereocenters. The molecule has 0 bridgehead atoms. The van der Waals surface area contributed by atoms with E-state index in [1.165, 1.54) is 0 Å². The number of nitrogens with zero attached hydrogens (tertiary/aromatic N) is 2. The van der Waals surface area contributed by atoms with Crippen molar-refractivity contribution in [1.82, 2.24) is 0 Å². The molecule has 0 radical (unpaired) electrons. The van der Waals surface area contributed by atoms with Gasteiger partial charge in [-0.2, -0.15) is 9.03 Å². The lowest BCUT2D eigenvalue weighted by atomic mass is 10.3. The fourth-order valence-electron chi connectivity index (χ4n) is 6.83. The molecule has 0 heterocycles. The highest BCUT2D eigenvalue weighted by Gasteiger charge is 2.44. The molecule has 12 heteroatoms. The van der Waals surface area contributed by atoms with E-state index in [0.29, 0.717) is 23.0 Å². The molecule has 0 aliphatic rings. The number of benzene rings is 8. The Kier molecular flexibility index (Phi) is 13.0. The molecule has 0 saturated heterocycles. The van der Waals surface area contributed by atoms with Crippen LogP contribution in [0.1, 0.15) is 0 Å². The van der Waals surface area contributed by atoms with Gasteiger partial charge in [-0.15, -0.1) is 0 Å². The van der Waals surface area contributed by atoms with E-state index in [2.05, 4.69) is 0 Å². The van der Waals surface area contributed by atoms with Crippen LogP contribution in [0, 0.1) is 0 Å². The van der Waals surface area contributed by atoms with Gasteiger partial charge in [0.05, 0.1) is 0 Å². The molecule has 0 fully saturated rings. The number of para-hydroxylation sites is 4. The SMILES string of the molecule is O=P(N=P(CP(=NP(=O)(Oc1ccccc1)Oc1ccccc1)(c1ccccc1)c1ccccc1)(c1ccccc1)c1ccccc1)(Oc1ccccc1)Oc1ccccc1. The molecule has 0 saturated carbocycles. The van der Waals surface area contributed by atoms with Gasteiger partial charge in [-0.05, 0) is 69.7 Å². The summed E-state index contributed by atoms with van der Waals surface area (Å²) in [6.07, 6.45) is 0. The summed E-state index contributed by atoms with van der Waals surface area (Å²) in [5.41, 5.74) is 0. The molecule has 304 valence electrons. The molecular weight excluding hydrogens is 836 g/mol. The molecule has 61 heavy (non-hydrogen) atoms. The van der Waals surface area contributed by atoms with Crippen molar-refractivity contribution < 1.29 is 27.2 Å². The lowest BCUT2D eigenvalue weighted by Crippen LogP contribution is -2.26. The van der Waals surface area contributed by atoms with Crippen molar-refractivity contribution in [1.29, 1.82) is 0 Å². The largest absolute Gasteiger partial charge is 0.562 e. The lowest BCUT2D eigenvalue weighted by molar-refractivity contribution is 0.387. The first-order chi connectivity index (χ1) is 29.9. The third-order valence-corrected chi connectivity index (χ3v) is 23.4. The first-order valence-corrected chi connectivity index (χ1v) is 26.4. The Morgan fingerprint density at radius 1 is 0.279 bits per heavy atom. The van der Waals surface area contributed by atoms with Crippen LogP contribution in [-0.2, 0) is 9.13 Å². The van der Waals surface area contributed by atoms with Crippen LogP contribution in [-0.4, -0.2) is 5.90 Å². The van der Waals surface area contributed by atoms with Crippen molar-refractivity contribution in [2.75, 3.05) is 5.90 Å². The van der Waals surface area contributed by atoms with Gasteiger partial charge in [0.1, 0.15) is 23.0 Å². The van der Waals surface area contributed by atoms with E-state index in [4.69, 9.17) is 27.1 Å². The predicted octanol–water partition coefficient (Wildman–Crippen LogP) is 13.2. The van der Waals surface area contributed by atoms with Crippen LogP contribution in [0.2, 0.25) is 0 Å². The summed E-state index contributed by atoms with van der Waals surface area (Å²) in [7, 11) is -16.0. The standard InChI is InChI=1S/C49H42N2O6P4/c52-60(54-42-25-9-1-10-26-42,55-43-27-11-2-12-28-43)50-58(46-33-17-5-18-34-46,47-35-19-6-20-36-47)41-59(48-37-21-7-22-38-48,49-39-23-8-24-40-49)51-61(53,56-44-29-13-3-14-30-44)57-45-31-15-4-16-32-45/h1-40H,41H2. The van der Waals surface area contributed by atoms with Crippen LogP contribution >= 0.6 is 29.6 Å². The third kappa shape index (κ3) is 10.1. The molecule has 0 aromatic heterocycles. The molecule has 0 aliphatic carbocycles. The van der Waals surface area contributed by atoms with E-state index in [0.717, 1.165) is 21.2 Å². The Labute approximate surface area is 357 Å². The summed E-state index contributed by atoms with van der Waals surface area (Å²) < 4.78 is 68.8. The second-order valence-corrected chi connectivity index (χ2v) is 24.1. The molecule has 0 spiro atoms. The van der Waals surface area contributed by atoms with E-state index in [9.17, 15) is 0 Å². The van der Waals surface area contributed by atoms with Crippen molar-refractivity contribution in [3.05, 3.63) is 243 Å². The van der Waals surface area contributed by atoms with Crippen LogP contribution in [0.25, 0.3) is 0 Å². The Bertz CT molecular complexity index is 2470. The third-order valence-electron chi connectivity index (χ3n) is 9.52. The van der Waals surface area contributed by atoms with Gasteiger partial charge in [0.2, 0.25) is 0 Å². The van der Waals surface area contributed by atoms with Crippen LogP contribution in [0.15, 0.2) is 252 Å². The summed E-state index contributed by atoms with van der Waals surface area (Å²) in [6, 6.07) is 74.8. The molecule has 0 N–H and O–H groups in total. The molecule has 0 aliphatic heterocycles. The molecule has 8 aromatic carbocycles. The summed E-state index contributed by atoms with van der Waals surface area (Å²) >= 11 is 0. The minimum absolute atomic E-state index is 0.114. The normalized spacial score (nSPS) is 11.8. The predicted molar refractivity (Wildman–Crippen MR) is 251 cm³/mol. The average Bonchev–Trinajstić information content (AvgIpc) is 3.31. The summed E-state index contributed by atoms with van der Waals surface area (Å²) in [4.78, 5) is 0. The highest BCUT2D eigenvalue weighted by Crippen LogP contribution is 2.71. The smallest absolute Gasteiger partial charge is 0.399 e. The zero-order valence-corrected chi connectivity index (χ0v) is 36.5.